The summed E-state index contributed by atoms with van der Waals surface area (Å²) in [7, 11) is 0. The fourth-order valence-electron chi connectivity index (χ4n) is 6.46. The SMILES string of the molecule is C=C1/C(=C\C=C2/CCCC3(C)C(CCC(F)F)CCC23C)CCCC1O.CCC#N.Cc1ccccc1. The maximum atomic E-state index is 12.8. The van der Waals surface area contributed by atoms with E-state index in [0.717, 1.165) is 56.9 Å². The summed E-state index contributed by atoms with van der Waals surface area (Å²) in [6.07, 6.45) is 11.6. The third-order valence-electron chi connectivity index (χ3n) is 9.06. The summed E-state index contributed by atoms with van der Waals surface area (Å²) >= 11 is 0. The van der Waals surface area contributed by atoms with E-state index in [9.17, 15) is 13.9 Å². The van der Waals surface area contributed by atoms with Gasteiger partial charge in [-0.25, -0.2) is 8.78 Å². The van der Waals surface area contributed by atoms with Gasteiger partial charge in [0.1, 0.15) is 0 Å². The molecule has 2 nitrogen and oxygen atoms in total. The normalized spacial score (nSPS) is 31.2. The van der Waals surface area contributed by atoms with Gasteiger partial charge in [0.25, 0.3) is 0 Å². The highest BCUT2D eigenvalue weighted by Gasteiger charge is 2.56. The van der Waals surface area contributed by atoms with E-state index >= 15 is 0 Å². The molecule has 3 fully saturated rings. The Kier molecular flexibility index (Phi) is 12.2. The Hall–Kier alpha value is -2.25. The first kappa shape index (κ1) is 31.0. The average molecular weight is 512 g/mol. The molecule has 0 aromatic heterocycles. The van der Waals surface area contributed by atoms with Gasteiger partial charge in [-0.3, -0.25) is 0 Å². The first-order valence-electron chi connectivity index (χ1n) is 14.0. The van der Waals surface area contributed by atoms with Crippen LogP contribution in [-0.4, -0.2) is 17.6 Å². The van der Waals surface area contributed by atoms with Gasteiger partial charge in [0.15, 0.2) is 0 Å². The molecule has 4 rings (SSSR count). The molecular weight excluding hydrogens is 464 g/mol. The second-order valence-electron chi connectivity index (χ2n) is 11.3. The Morgan fingerprint density at radius 3 is 2.35 bits per heavy atom. The van der Waals surface area contributed by atoms with Crippen LogP contribution in [0.5, 0.6) is 0 Å². The zero-order valence-corrected chi connectivity index (χ0v) is 23.4. The lowest BCUT2D eigenvalue weighted by atomic mass is 9.54. The molecule has 1 N–H and O–H groups in total. The van der Waals surface area contributed by atoms with E-state index in [0.29, 0.717) is 18.8 Å². The number of aliphatic hydroxyl groups excluding tert-OH is 1. The number of halogens is 2. The molecule has 4 unspecified atom stereocenters. The van der Waals surface area contributed by atoms with Crippen molar-refractivity contribution in [2.24, 2.45) is 16.7 Å². The fourth-order valence-corrected chi connectivity index (χ4v) is 6.46. The number of hydrogen-bond acceptors (Lipinski definition) is 2. The van der Waals surface area contributed by atoms with E-state index in [1.807, 2.05) is 31.2 Å². The van der Waals surface area contributed by atoms with Crippen LogP contribution >= 0.6 is 0 Å². The number of alkyl halides is 2. The number of fused-ring (bicyclic) bond motifs is 1. The number of aliphatic hydroxyl groups is 1. The van der Waals surface area contributed by atoms with Crippen molar-refractivity contribution in [1.29, 1.82) is 5.26 Å². The van der Waals surface area contributed by atoms with Crippen LogP contribution in [0, 0.1) is 35.0 Å². The van der Waals surface area contributed by atoms with Crippen LogP contribution in [0.3, 0.4) is 0 Å². The Bertz CT molecular complexity index is 960. The van der Waals surface area contributed by atoms with E-state index < -0.39 is 12.5 Å². The predicted molar refractivity (Wildman–Crippen MR) is 150 cm³/mol. The lowest BCUT2D eigenvalue weighted by molar-refractivity contribution is 0.0440. The topological polar surface area (TPSA) is 44.0 Å². The molecule has 0 bridgehead atoms. The molecule has 0 radical (unpaired) electrons. The second-order valence-corrected chi connectivity index (χ2v) is 11.3. The average Bonchev–Trinajstić information content (AvgIpc) is 3.15. The highest BCUT2D eigenvalue weighted by atomic mass is 19.3. The molecule has 37 heavy (non-hydrogen) atoms. The minimum atomic E-state index is -2.18. The number of nitriles is 1. The molecule has 204 valence electrons. The largest absolute Gasteiger partial charge is 0.388 e. The van der Waals surface area contributed by atoms with E-state index in [1.165, 1.54) is 16.7 Å². The molecule has 3 aliphatic carbocycles. The van der Waals surface area contributed by atoms with Gasteiger partial charge < -0.3 is 5.11 Å². The van der Waals surface area contributed by atoms with Crippen molar-refractivity contribution < 1.29 is 13.9 Å². The van der Waals surface area contributed by atoms with Crippen LogP contribution in [0.2, 0.25) is 0 Å². The van der Waals surface area contributed by atoms with Crippen molar-refractivity contribution >= 4 is 0 Å². The summed E-state index contributed by atoms with van der Waals surface area (Å²) in [5, 5.41) is 17.7. The molecule has 4 atom stereocenters. The summed E-state index contributed by atoms with van der Waals surface area (Å²) in [6.45, 7) is 12.7. The molecule has 1 aromatic carbocycles. The van der Waals surface area contributed by atoms with Crippen molar-refractivity contribution in [2.75, 3.05) is 0 Å². The van der Waals surface area contributed by atoms with Gasteiger partial charge >= 0.3 is 0 Å². The van der Waals surface area contributed by atoms with Gasteiger partial charge in [-0.05, 0) is 92.6 Å². The van der Waals surface area contributed by atoms with E-state index in [4.69, 9.17) is 5.26 Å². The quantitative estimate of drug-likeness (QED) is 0.437. The highest BCUT2D eigenvalue weighted by Crippen LogP contribution is 2.66. The first-order chi connectivity index (χ1) is 17.6. The van der Waals surface area contributed by atoms with Crippen molar-refractivity contribution in [3.63, 3.8) is 0 Å². The molecule has 0 spiro atoms. The molecule has 0 heterocycles. The van der Waals surface area contributed by atoms with E-state index in [2.05, 4.69) is 51.6 Å². The number of aryl methyl sites for hydroxylation is 1. The summed E-state index contributed by atoms with van der Waals surface area (Å²) in [6, 6.07) is 12.2. The molecule has 0 saturated heterocycles. The number of nitrogens with zero attached hydrogens (tertiary/aromatic N) is 1. The Labute approximate surface area is 224 Å². The highest BCUT2D eigenvalue weighted by molar-refractivity contribution is 5.38. The smallest absolute Gasteiger partial charge is 0.238 e. The first-order valence-corrected chi connectivity index (χ1v) is 14.0. The van der Waals surface area contributed by atoms with Crippen molar-refractivity contribution in [2.45, 2.75) is 111 Å². The maximum Gasteiger partial charge on any atom is 0.238 e. The van der Waals surface area contributed by atoms with Crippen molar-refractivity contribution in [3.8, 4) is 6.07 Å². The van der Waals surface area contributed by atoms with Gasteiger partial charge in [-0.1, -0.05) is 81.0 Å². The molecule has 3 aliphatic rings. The van der Waals surface area contributed by atoms with E-state index in [-0.39, 0.29) is 17.3 Å². The zero-order chi connectivity index (χ0) is 27.5. The van der Waals surface area contributed by atoms with Crippen LogP contribution in [0.4, 0.5) is 8.78 Å². The molecule has 4 heteroatoms. The van der Waals surface area contributed by atoms with Gasteiger partial charge in [0.2, 0.25) is 6.43 Å². The summed E-state index contributed by atoms with van der Waals surface area (Å²) in [5.74, 6) is 0.407. The second kappa shape index (κ2) is 14.6. The van der Waals surface area contributed by atoms with Gasteiger partial charge in [0.05, 0.1) is 12.2 Å². The number of benzene rings is 1. The standard InChI is InChI=1S/C23H34F2O.C7H8.C3H5N/c1-16-17(6-4-8-20(16)26)9-10-18-7-5-14-22(2)19(11-12-21(24)25)13-15-23(18,22)3;1-7-5-3-2-4-6-7;1-2-3-4/h9-10,19-21,26H,1,4-8,11-15H2,2-3H3;2-6H,1H3;2H2,1H3/b17-9-,18-10+;;. The van der Waals surface area contributed by atoms with Crippen LogP contribution in [0.25, 0.3) is 0 Å². The number of rotatable bonds is 4. The maximum absolute atomic E-state index is 12.8. The molecule has 0 aliphatic heterocycles. The third kappa shape index (κ3) is 8.11. The Morgan fingerprint density at radius 2 is 1.78 bits per heavy atom. The van der Waals surface area contributed by atoms with Crippen LogP contribution in [0.15, 0.2) is 65.8 Å². The minimum absolute atomic E-state index is 0.0388. The fraction of sp³-hybridized carbons (Fsp3) is 0.606. The molecule has 1 aromatic rings. The molecular formula is C33H47F2NO. The number of allylic oxidation sites excluding steroid dienone is 3. The van der Waals surface area contributed by atoms with Gasteiger partial charge in [0, 0.05) is 12.8 Å². The lowest BCUT2D eigenvalue weighted by Crippen LogP contribution is -2.41. The van der Waals surface area contributed by atoms with Crippen LogP contribution < -0.4 is 0 Å². The van der Waals surface area contributed by atoms with Crippen LogP contribution in [0.1, 0.15) is 97.0 Å². The third-order valence-corrected chi connectivity index (χ3v) is 9.06. The number of hydrogen-bond donors (Lipinski definition) is 1. The van der Waals surface area contributed by atoms with E-state index in [1.54, 1.807) is 0 Å². The summed E-state index contributed by atoms with van der Waals surface area (Å²) < 4.78 is 25.5. The van der Waals surface area contributed by atoms with Crippen molar-refractivity contribution in [1.82, 2.24) is 0 Å². The Balaban J connectivity index is 0.000000363. The lowest BCUT2D eigenvalue weighted by Gasteiger charge is -2.50. The van der Waals surface area contributed by atoms with Gasteiger partial charge in [-0.2, -0.15) is 5.26 Å². The minimum Gasteiger partial charge on any atom is -0.388 e. The predicted octanol–water partition coefficient (Wildman–Crippen LogP) is 9.51. The molecule has 0 amide bonds. The monoisotopic (exact) mass is 511 g/mol. The van der Waals surface area contributed by atoms with Crippen molar-refractivity contribution in [3.05, 3.63) is 71.3 Å². The zero-order valence-electron chi connectivity index (χ0n) is 23.4. The summed E-state index contributed by atoms with van der Waals surface area (Å²) in [4.78, 5) is 0. The Morgan fingerprint density at radius 1 is 1.11 bits per heavy atom. The van der Waals surface area contributed by atoms with Crippen LogP contribution in [-0.2, 0) is 0 Å². The van der Waals surface area contributed by atoms with Gasteiger partial charge in [-0.15, -0.1) is 0 Å². The summed E-state index contributed by atoms with van der Waals surface area (Å²) in [5.41, 5.74) is 5.10. The molecule has 3 saturated carbocycles.